The lowest BCUT2D eigenvalue weighted by Gasteiger charge is -2.03. The zero-order valence-corrected chi connectivity index (χ0v) is 13.9. The van der Waals surface area contributed by atoms with E-state index in [1.165, 1.54) is 24.4 Å². The third kappa shape index (κ3) is 4.25. The van der Waals surface area contributed by atoms with Crippen LogP contribution in [-0.2, 0) is 0 Å². The van der Waals surface area contributed by atoms with Gasteiger partial charge in [0.05, 0.1) is 21.7 Å². The Labute approximate surface area is 144 Å². The van der Waals surface area contributed by atoms with Crippen molar-refractivity contribution in [2.24, 2.45) is 5.10 Å². The average molecular weight is 430 g/mol. The Hall–Kier alpha value is -2.00. The molecule has 0 radical (unpaired) electrons. The minimum Gasteiger partial charge on any atom is -0.267 e. The molecule has 1 N–H and O–H groups in total. The summed E-state index contributed by atoms with van der Waals surface area (Å²) in [5, 5.41) is 14.8. The van der Waals surface area contributed by atoms with Gasteiger partial charge in [0.15, 0.2) is 0 Å². The molecule has 0 fully saturated rings. The number of nitrogens with one attached hydrogen (secondary N) is 1. The predicted octanol–water partition coefficient (Wildman–Crippen LogP) is 3.62. The van der Waals surface area contributed by atoms with Crippen LogP contribution in [0.15, 0.2) is 47.6 Å². The Morgan fingerprint density at radius 1 is 1.32 bits per heavy atom. The molecular formula is C14H9ClIN3O3. The SMILES string of the molecule is O=C(NN=Cc1cccc([N+](=O)[O-])c1)c1cc(I)ccc1Cl. The summed E-state index contributed by atoms with van der Waals surface area (Å²) in [7, 11) is 0. The van der Waals surface area contributed by atoms with E-state index < -0.39 is 10.8 Å². The molecule has 2 aromatic rings. The van der Waals surface area contributed by atoms with Gasteiger partial charge in [0.2, 0.25) is 0 Å². The number of hydrogen-bond acceptors (Lipinski definition) is 4. The molecule has 0 heterocycles. The van der Waals surface area contributed by atoms with Crippen molar-refractivity contribution in [3.8, 4) is 0 Å². The van der Waals surface area contributed by atoms with Crippen LogP contribution in [0.25, 0.3) is 0 Å². The third-order valence-corrected chi connectivity index (χ3v) is 3.63. The highest BCUT2D eigenvalue weighted by atomic mass is 127. The van der Waals surface area contributed by atoms with Crippen LogP contribution < -0.4 is 5.43 Å². The van der Waals surface area contributed by atoms with Crippen LogP contribution in [-0.4, -0.2) is 17.0 Å². The van der Waals surface area contributed by atoms with Gasteiger partial charge in [-0.1, -0.05) is 23.7 Å². The van der Waals surface area contributed by atoms with Crippen molar-refractivity contribution in [1.82, 2.24) is 5.43 Å². The summed E-state index contributed by atoms with van der Waals surface area (Å²) in [6.07, 6.45) is 1.33. The number of carbonyl (C=O) groups is 1. The van der Waals surface area contributed by atoms with Crippen molar-refractivity contribution in [3.63, 3.8) is 0 Å². The number of non-ortho nitro benzene ring substituents is 1. The molecule has 0 atom stereocenters. The van der Waals surface area contributed by atoms with Crippen LogP contribution >= 0.6 is 34.2 Å². The molecule has 0 unspecified atom stereocenters. The molecular weight excluding hydrogens is 421 g/mol. The Balaban J connectivity index is 2.09. The van der Waals surface area contributed by atoms with Crippen molar-refractivity contribution < 1.29 is 9.72 Å². The van der Waals surface area contributed by atoms with E-state index in [0.717, 1.165) is 3.57 Å². The van der Waals surface area contributed by atoms with Crippen LogP contribution in [0, 0.1) is 13.7 Å². The normalized spacial score (nSPS) is 10.6. The number of hydrogen-bond donors (Lipinski definition) is 1. The van der Waals surface area contributed by atoms with Crippen LogP contribution in [0.1, 0.15) is 15.9 Å². The van der Waals surface area contributed by atoms with Gasteiger partial charge in [0, 0.05) is 21.3 Å². The fourth-order valence-electron chi connectivity index (χ4n) is 1.62. The quantitative estimate of drug-likeness (QED) is 0.349. The minimum absolute atomic E-state index is 0.0454. The van der Waals surface area contributed by atoms with Crippen molar-refractivity contribution in [2.75, 3.05) is 0 Å². The van der Waals surface area contributed by atoms with Gasteiger partial charge in [0.1, 0.15) is 0 Å². The summed E-state index contributed by atoms with van der Waals surface area (Å²) >= 11 is 8.02. The fourth-order valence-corrected chi connectivity index (χ4v) is 2.31. The van der Waals surface area contributed by atoms with E-state index in [2.05, 4.69) is 33.1 Å². The van der Waals surface area contributed by atoms with Crippen molar-refractivity contribution in [1.29, 1.82) is 0 Å². The summed E-state index contributed by atoms with van der Waals surface area (Å²) in [6.45, 7) is 0. The number of carbonyl (C=O) groups excluding carboxylic acids is 1. The molecule has 2 rings (SSSR count). The van der Waals surface area contributed by atoms with Gasteiger partial charge in [-0.05, 0) is 40.8 Å². The molecule has 2 aromatic carbocycles. The van der Waals surface area contributed by atoms with E-state index in [9.17, 15) is 14.9 Å². The monoisotopic (exact) mass is 429 g/mol. The van der Waals surface area contributed by atoms with Crippen molar-refractivity contribution >= 4 is 52.0 Å². The first kappa shape index (κ1) is 16.4. The lowest BCUT2D eigenvalue weighted by molar-refractivity contribution is -0.384. The number of nitrogens with zero attached hydrogens (tertiary/aromatic N) is 2. The Bertz CT molecular complexity index is 765. The van der Waals surface area contributed by atoms with Crippen molar-refractivity contribution in [3.05, 3.63) is 72.3 Å². The summed E-state index contributed by atoms with van der Waals surface area (Å²) in [4.78, 5) is 22.1. The standard InChI is InChI=1S/C14H9ClIN3O3/c15-13-5-4-10(16)7-12(13)14(20)18-17-8-9-2-1-3-11(6-9)19(21)22/h1-8H,(H,18,20). The number of amides is 1. The van der Waals surface area contributed by atoms with Gasteiger partial charge in [-0.2, -0.15) is 5.10 Å². The van der Waals surface area contributed by atoms with Crippen LogP contribution in [0.3, 0.4) is 0 Å². The molecule has 0 aliphatic rings. The minimum atomic E-state index is -0.498. The highest BCUT2D eigenvalue weighted by Crippen LogP contribution is 2.18. The molecule has 22 heavy (non-hydrogen) atoms. The lowest BCUT2D eigenvalue weighted by Crippen LogP contribution is -2.18. The number of hydrazone groups is 1. The zero-order chi connectivity index (χ0) is 16.1. The molecule has 112 valence electrons. The Morgan fingerprint density at radius 3 is 2.82 bits per heavy atom. The van der Waals surface area contributed by atoms with E-state index in [-0.39, 0.29) is 5.69 Å². The van der Waals surface area contributed by atoms with Gasteiger partial charge in [-0.15, -0.1) is 0 Å². The molecule has 0 spiro atoms. The number of rotatable bonds is 4. The maximum absolute atomic E-state index is 12.0. The zero-order valence-electron chi connectivity index (χ0n) is 11.0. The molecule has 8 heteroatoms. The first-order chi connectivity index (χ1) is 10.5. The molecule has 0 bridgehead atoms. The van der Waals surface area contributed by atoms with E-state index in [1.54, 1.807) is 24.3 Å². The topological polar surface area (TPSA) is 84.6 Å². The molecule has 0 saturated carbocycles. The van der Waals surface area contributed by atoms with Gasteiger partial charge < -0.3 is 0 Å². The summed E-state index contributed by atoms with van der Waals surface area (Å²) in [5.74, 6) is -0.454. The first-order valence-electron chi connectivity index (χ1n) is 6.00. The summed E-state index contributed by atoms with van der Waals surface area (Å²) in [5.41, 5.74) is 3.10. The summed E-state index contributed by atoms with van der Waals surface area (Å²) < 4.78 is 0.870. The summed E-state index contributed by atoms with van der Waals surface area (Å²) in [6, 6.07) is 11.0. The second-order valence-corrected chi connectivity index (χ2v) is 5.83. The molecule has 6 nitrogen and oxygen atoms in total. The van der Waals surface area contributed by atoms with Gasteiger partial charge in [0.25, 0.3) is 11.6 Å². The maximum atomic E-state index is 12.0. The van der Waals surface area contributed by atoms with Gasteiger partial charge in [-0.3, -0.25) is 14.9 Å². The van der Waals surface area contributed by atoms with Crippen LogP contribution in [0.5, 0.6) is 0 Å². The van der Waals surface area contributed by atoms with Gasteiger partial charge in [-0.25, -0.2) is 5.43 Å². The third-order valence-electron chi connectivity index (χ3n) is 2.63. The van der Waals surface area contributed by atoms with E-state index in [1.807, 2.05) is 0 Å². The Kier molecular flexibility index (Phi) is 5.45. The predicted molar refractivity (Wildman–Crippen MR) is 92.3 cm³/mol. The van der Waals surface area contributed by atoms with E-state index in [0.29, 0.717) is 16.1 Å². The van der Waals surface area contributed by atoms with Crippen molar-refractivity contribution in [2.45, 2.75) is 0 Å². The van der Waals surface area contributed by atoms with Crippen LogP contribution in [0.2, 0.25) is 5.02 Å². The van der Waals surface area contributed by atoms with Crippen LogP contribution in [0.4, 0.5) is 5.69 Å². The Morgan fingerprint density at radius 2 is 2.09 bits per heavy atom. The second-order valence-electron chi connectivity index (χ2n) is 4.18. The lowest BCUT2D eigenvalue weighted by atomic mass is 10.2. The largest absolute Gasteiger partial charge is 0.272 e. The highest BCUT2D eigenvalue weighted by Gasteiger charge is 2.10. The van der Waals surface area contributed by atoms with E-state index in [4.69, 9.17) is 11.6 Å². The second kappa shape index (κ2) is 7.32. The molecule has 0 aliphatic carbocycles. The number of nitro benzene ring substituents is 1. The number of nitro groups is 1. The average Bonchev–Trinajstić information content (AvgIpc) is 2.50. The molecule has 1 amide bonds. The first-order valence-corrected chi connectivity index (χ1v) is 7.46. The molecule has 0 aliphatic heterocycles. The molecule has 0 aromatic heterocycles. The van der Waals surface area contributed by atoms with Gasteiger partial charge >= 0.3 is 0 Å². The fraction of sp³-hybridized carbons (Fsp3) is 0. The number of halogens is 2. The molecule has 0 saturated heterocycles. The number of benzene rings is 2. The maximum Gasteiger partial charge on any atom is 0.272 e. The highest BCUT2D eigenvalue weighted by molar-refractivity contribution is 14.1. The van der Waals surface area contributed by atoms with E-state index >= 15 is 0 Å². The smallest absolute Gasteiger partial charge is 0.267 e.